The van der Waals surface area contributed by atoms with Gasteiger partial charge >= 0.3 is 0 Å². The van der Waals surface area contributed by atoms with Gasteiger partial charge in [0, 0.05) is 18.7 Å². The van der Waals surface area contributed by atoms with Crippen molar-refractivity contribution in [2.24, 2.45) is 0 Å². The summed E-state index contributed by atoms with van der Waals surface area (Å²) in [6, 6.07) is 4.78. The Morgan fingerprint density at radius 3 is 2.94 bits per heavy atom. The number of fused-ring (bicyclic) bond motifs is 1. The van der Waals surface area contributed by atoms with Gasteiger partial charge in [0.15, 0.2) is 0 Å². The number of amides is 1. The van der Waals surface area contributed by atoms with Crippen molar-refractivity contribution < 1.29 is 9.72 Å². The van der Waals surface area contributed by atoms with Crippen LogP contribution in [-0.2, 0) is 11.2 Å². The minimum Gasteiger partial charge on any atom is -0.338 e. The number of nitro groups is 1. The zero-order chi connectivity index (χ0) is 11.7. The van der Waals surface area contributed by atoms with Crippen LogP contribution in [0.1, 0.15) is 24.1 Å². The molecule has 0 saturated carbocycles. The van der Waals surface area contributed by atoms with E-state index in [2.05, 4.69) is 0 Å². The number of nitrogens with zero attached hydrogens (tertiary/aromatic N) is 2. The molecule has 16 heavy (non-hydrogen) atoms. The lowest BCUT2D eigenvalue weighted by molar-refractivity contribution is -0.385. The second-order valence-electron chi connectivity index (χ2n) is 3.91. The molecule has 0 aliphatic carbocycles. The molecular formula is C11H12N2O3. The van der Waals surface area contributed by atoms with Crippen LogP contribution < -0.4 is 0 Å². The number of carbonyl (C=O) groups excluding carboxylic acids is 1. The van der Waals surface area contributed by atoms with Crippen molar-refractivity contribution in [1.82, 2.24) is 4.90 Å². The number of rotatable bonds is 2. The van der Waals surface area contributed by atoms with Gasteiger partial charge in [-0.05, 0) is 24.5 Å². The van der Waals surface area contributed by atoms with Crippen LogP contribution in [-0.4, -0.2) is 22.8 Å². The molecule has 0 saturated heterocycles. The molecule has 0 spiro atoms. The Balaban J connectivity index is 2.44. The van der Waals surface area contributed by atoms with Gasteiger partial charge in [0.2, 0.25) is 6.41 Å². The zero-order valence-corrected chi connectivity index (χ0v) is 8.92. The molecule has 0 fully saturated rings. The first-order chi connectivity index (χ1) is 7.63. The molecule has 5 nitrogen and oxygen atoms in total. The van der Waals surface area contributed by atoms with Gasteiger partial charge in [-0.3, -0.25) is 14.9 Å². The van der Waals surface area contributed by atoms with Crippen LogP contribution >= 0.6 is 0 Å². The van der Waals surface area contributed by atoms with Crippen LogP contribution in [0.25, 0.3) is 0 Å². The molecule has 0 radical (unpaired) electrons. The van der Waals surface area contributed by atoms with E-state index >= 15 is 0 Å². The van der Waals surface area contributed by atoms with Gasteiger partial charge in [0.25, 0.3) is 5.69 Å². The molecule has 1 aromatic carbocycles. The largest absolute Gasteiger partial charge is 0.338 e. The second kappa shape index (κ2) is 3.92. The lowest BCUT2D eigenvalue weighted by Crippen LogP contribution is -2.32. The number of hydrogen-bond acceptors (Lipinski definition) is 3. The minimum atomic E-state index is -0.410. The van der Waals surface area contributed by atoms with E-state index in [1.165, 1.54) is 6.07 Å². The highest BCUT2D eigenvalue weighted by atomic mass is 16.6. The normalized spacial score (nSPS) is 19.1. The molecule has 0 aromatic heterocycles. The van der Waals surface area contributed by atoms with Crippen molar-refractivity contribution in [2.45, 2.75) is 19.4 Å². The molecule has 0 N–H and O–H groups in total. The van der Waals surface area contributed by atoms with Crippen LogP contribution in [0.2, 0.25) is 0 Å². The number of benzene rings is 1. The molecule has 1 heterocycles. The van der Waals surface area contributed by atoms with Crippen LogP contribution in [0.3, 0.4) is 0 Å². The van der Waals surface area contributed by atoms with Crippen molar-refractivity contribution in [3.8, 4) is 0 Å². The third kappa shape index (κ3) is 1.64. The van der Waals surface area contributed by atoms with E-state index in [4.69, 9.17) is 0 Å². The van der Waals surface area contributed by atoms with Crippen LogP contribution in [0.15, 0.2) is 18.2 Å². The smallest absolute Gasteiger partial charge is 0.269 e. The Hall–Kier alpha value is -1.91. The first-order valence-electron chi connectivity index (χ1n) is 5.11. The molecule has 1 unspecified atom stereocenters. The lowest BCUT2D eigenvalue weighted by Gasteiger charge is -2.31. The number of carbonyl (C=O) groups is 1. The Morgan fingerprint density at radius 2 is 2.31 bits per heavy atom. The molecule has 1 atom stereocenters. The van der Waals surface area contributed by atoms with E-state index in [0.29, 0.717) is 6.54 Å². The zero-order valence-electron chi connectivity index (χ0n) is 8.92. The Kier molecular flexibility index (Phi) is 2.60. The third-order valence-corrected chi connectivity index (χ3v) is 3.06. The molecule has 2 rings (SSSR count). The minimum absolute atomic E-state index is 0.0818. The summed E-state index contributed by atoms with van der Waals surface area (Å²) in [6.45, 7) is 2.56. The second-order valence-corrected chi connectivity index (χ2v) is 3.91. The average molecular weight is 220 g/mol. The maximum Gasteiger partial charge on any atom is 0.269 e. The summed E-state index contributed by atoms with van der Waals surface area (Å²) >= 11 is 0. The van der Waals surface area contributed by atoms with E-state index in [-0.39, 0.29) is 11.7 Å². The van der Waals surface area contributed by atoms with Crippen LogP contribution in [0.5, 0.6) is 0 Å². The van der Waals surface area contributed by atoms with E-state index < -0.39 is 4.92 Å². The SMILES string of the molecule is CC1c2cc([N+](=O)[O-])ccc2CCN1C=O. The standard InChI is InChI=1S/C11H12N2O3/c1-8-11-6-10(13(15)16)3-2-9(11)4-5-12(8)7-14/h2-3,6-8H,4-5H2,1H3. The molecule has 1 aliphatic heterocycles. The third-order valence-electron chi connectivity index (χ3n) is 3.06. The highest BCUT2D eigenvalue weighted by Gasteiger charge is 2.24. The lowest BCUT2D eigenvalue weighted by atomic mass is 9.93. The molecule has 5 heteroatoms. The van der Waals surface area contributed by atoms with E-state index in [1.807, 2.05) is 6.92 Å². The van der Waals surface area contributed by atoms with Crippen molar-refractivity contribution in [2.75, 3.05) is 6.54 Å². The van der Waals surface area contributed by atoms with Gasteiger partial charge in [0.1, 0.15) is 0 Å². The molecule has 1 aromatic rings. The van der Waals surface area contributed by atoms with Crippen molar-refractivity contribution in [3.63, 3.8) is 0 Å². The molecule has 1 aliphatic rings. The topological polar surface area (TPSA) is 63.5 Å². The van der Waals surface area contributed by atoms with Crippen LogP contribution in [0.4, 0.5) is 5.69 Å². The van der Waals surface area contributed by atoms with E-state index in [0.717, 1.165) is 24.0 Å². The summed E-state index contributed by atoms with van der Waals surface area (Å²) in [4.78, 5) is 22.7. The van der Waals surface area contributed by atoms with Gasteiger partial charge in [-0.25, -0.2) is 0 Å². The fourth-order valence-electron chi connectivity index (χ4n) is 2.08. The first-order valence-corrected chi connectivity index (χ1v) is 5.11. The predicted molar refractivity (Wildman–Crippen MR) is 58.0 cm³/mol. The maximum absolute atomic E-state index is 10.8. The molecule has 0 bridgehead atoms. The highest BCUT2D eigenvalue weighted by Crippen LogP contribution is 2.30. The average Bonchev–Trinajstić information content (AvgIpc) is 2.29. The summed E-state index contributed by atoms with van der Waals surface area (Å²) in [7, 11) is 0. The van der Waals surface area contributed by atoms with Crippen molar-refractivity contribution in [3.05, 3.63) is 39.4 Å². The van der Waals surface area contributed by atoms with Crippen molar-refractivity contribution in [1.29, 1.82) is 0 Å². The Morgan fingerprint density at radius 1 is 1.56 bits per heavy atom. The molecule has 1 amide bonds. The molecular weight excluding hydrogens is 208 g/mol. The van der Waals surface area contributed by atoms with E-state index in [9.17, 15) is 14.9 Å². The Labute approximate surface area is 92.8 Å². The van der Waals surface area contributed by atoms with Crippen molar-refractivity contribution >= 4 is 12.1 Å². The first kappa shape index (κ1) is 10.6. The highest BCUT2D eigenvalue weighted by molar-refractivity contribution is 5.52. The van der Waals surface area contributed by atoms with Crippen LogP contribution in [0, 0.1) is 10.1 Å². The van der Waals surface area contributed by atoms with E-state index in [1.54, 1.807) is 17.0 Å². The fourth-order valence-corrected chi connectivity index (χ4v) is 2.08. The quantitative estimate of drug-likeness (QED) is 0.432. The summed E-state index contributed by atoms with van der Waals surface area (Å²) in [6.07, 6.45) is 1.56. The monoisotopic (exact) mass is 220 g/mol. The van der Waals surface area contributed by atoms with Gasteiger partial charge in [-0.1, -0.05) is 6.07 Å². The molecule has 84 valence electrons. The van der Waals surface area contributed by atoms with Gasteiger partial charge in [-0.2, -0.15) is 0 Å². The number of hydrogen-bond donors (Lipinski definition) is 0. The maximum atomic E-state index is 10.8. The summed E-state index contributed by atoms with van der Waals surface area (Å²) in [5, 5.41) is 10.7. The Bertz CT molecular complexity index is 445. The summed E-state index contributed by atoms with van der Waals surface area (Å²) in [5.74, 6) is 0. The van der Waals surface area contributed by atoms with Gasteiger partial charge in [0.05, 0.1) is 11.0 Å². The summed E-state index contributed by atoms with van der Waals surface area (Å²) in [5.41, 5.74) is 2.06. The van der Waals surface area contributed by atoms with Gasteiger partial charge < -0.3 is 4.90 Å². The predicted octanol–water partition coefficient (Wildman–Crippen LogP) is 1.67. The number of non-ortho nitro benzene ring substituents is 1. The summed E-state index contributed by atoms with van der Waals surface area (Å²) < 4.78 is 0. The fraction of sp³-hybridized carbons (Fsp3) is 0.364. The number of nitro benzene ring substituents is 1. The van der Waals surface area contributed by atoms with Gasteiger partial charge in [-0.15, -0.1) is 0 Å².